The van der Waals surface area contributed by atoms with Crippen LogP contribution in [0.15, 0.2) is 23.3 Å². The Balaban J connectivity index is 1.52. The fourth-order valence-corrected chi connectivity index (χ4v) is 4.73. The van der Waals surface area contributed by atoms with Gasteiger partial charge in [-0.15, -0.1) is 0 Å². The summed E-state index contributed by atoms with van der Waals surface area (Å²) in [7, 11) is 0. The van der Waals surface area contributed by atoms with Crippen molar-refractivity contribution in [2.24, 2.45) is 4.99 Å². The fraction of sp³-hybridized carbons (Fsp3) is 0.700. The Bertz CT molecular complexity index is 546. The third-order valence-corrected chi connectivity index (χ3v) is 6.42. The average molecular weight is 376 g/mol. The number of nitrogens with one attached hydrogen (secondary N) is 2. The van der Waals surface area contributed by atoms with E-state index in [1.165, 1.54) is 44.3 Å². The van der Waals surface area contributed by atoms with Crippen molar-refractivity contribution in [1.82, 2.24) is 15.6 Å². The van der Waals surface area contributed by atoms with Gasteiger partial charge in [0.1, 0.15) is 5.82 Å². The summed E-state index contributed by atoms with van der Waals surface area (Å²) in [4.78, 5) is 11.8. The zero-order valence-corrected chi connectivity index (χ0v) is 16.9. The monoisotopic (exact) mass is 375 g/mol. The van der Waals surface area contributed by atoms with E-state index < -0.39 is 0 Å². The van der Waals surface area contributed by atoms with Crippen LogP contribution < -0.4 is 15.5 Å². The van der Waals surface area contributed by atoms with E-state index in [1.54, 1.807) is 0 Å². The molecule has 0 aliphatic carbocycles. The third kappa shape index (κ3) is 6.08. The van der Waals surface area contributed by atoms with Gasteiger partial charge < -0.3 is 15.5 Å². The molecule has 2 aliphatic heterocycles. The lowest BCUT2D eigenvalue weighted by Gasteiger charge is -2.21. The highest BCUT2D eigenvalue weighted by Gasteiger charge is 2.15. The molecule has 0 aromatic carbocycles. The molecule has 0 saturated carbocycles. The molecular formula is C20H33N5S. The van der Waals surface area contributed by atoms with Crippen molar-refractivity contribution in [2.45, 2.75) is 57.2 Å². The molecule has 2 fully saturated rings. The van der Waals surface area contributed by atoms with Crippen LogP contribution in [0.5, 0.6) is 0 Å². The molecule has 1 unspecified atom stereocenters. The first kappa shape index (κ1) is 19.3. The summed E-state index contributed by atoms with van der Waals surface area (Å²) in [6, 6.07) is 4.33. The molecular weight excluding hydrogens is 342 g/mol. The van der Waals surface area contributed by atoms with Crippen LogP contribution in [-0.4, -0.2) is 48.1 Å². The van der Waals surface area contributed by atoms with E-state index in [2.05, 4.69) is 51.3 Å². The number of hydrogen-bond donors (Lipinski definition) is 2. The number of nitrogens with zero attached hydrogens (tertiary/aromatic N) is 3. The predicted octanol–water partition coefficient (Wildman–Crippen LogP) is 3.41. The summed E-state index contributed by atoms with van der Waals surface area (Å²) in [6.45, 7) is 6.94. The van der Waals surface area contributed by atoms with Gasteiger partial charge in [0.2, 0.25) is 0 Å². The average Bonchev–Trinajstić information content (AvgIpc) is 3.05. The molecule has 2 saturated heterocycles. The van der Waals surface area contributed by atoms with E-state index >= 15 is 0 Å². The van der Waals surface area contributed by atoms with Gasteiger partial charge in [0.25, 0.3) is 0 Å². The van der Waals surface area contributed by atoms with E-state index in [0.29, 0.717) is 6.54 Å². The van der Waals surface area contributed by atoms with Crippen LogP contribution in [0, 0.1) is 0 Å². The number of rotatable bonds is 6. The van der Waals surface area contributed by atoms with Crippen molar-refractivity contribution < 1.29 is 0 Å². The highest BCUT2D eigenvalue weighted by Crippen LogP contribution is 2.25. The first-order valence-electron chi connectivity index (χ1n) is 10.2. The van der Waals surface area contributed by atoms with Crippen LogP contribution in [0.3, 0.4) is 0 Å². The lowest BCUT2D eigenvalue weighted by Crippen LogP contribution is -2.40. The first-order chi connectivity index (χ1) is 12.8. The van der Waals surface area contributed by atoms with Gasteiger partial charge in [-0.05, 0) is 50.0 Å². The zero-order chi connectivity index (χ0) is 18.0. The van der Waals surface area contributed by atoms with E-state index in [1.807, 2.05) is 6.20 Å². The molecule has 26 heavy (non-hydrogen) atoms. The highest BCUT2D eigenvalue weighted by atomic mass is 32.2. The van der Waals surface area contributed by atoms with E-state index in [4.69, 9.17) is 4.99 Å². The number of aromatic nitrogens is 1. The van der Waals surface area contributed by atoms with Gasteiger partial charge in [-0.1, -0.05) is 18.9 Å². The third-order valence-electron chi connectivity index (χ3n) is 5.02. The van der Waals surface area contributed by atoms with Crippen molar-refractivity contribution in [1.29, 1.82) is 0 Å². The molecule has 1 aromatic heterocycles. The van der Waals surface area contributed by atoms with Crippen molar-refractivity contribution in [3.8, 4) is 0 Å². The fourth-order valence-electron chi connectivity index (χ4n) is 3.52. The second kappa shape index (κ2) is 10.7. The lowest BCUT2D eigenvalue weighted by atomic mass is 10.2. The molecule has 144 valence electrons. The SMILES string of the molecule is CCNC(=NCc1ccc(N2CCCCCC2)nc1)NCC1CCCS1. The van der Waals surface area contributed by atoms with Crippen LogP contribution in [0.4, 0.5) is 5.82 Å². The van der Waals surface area contributed by atoms with Crippen LogP contribution >= 0.6 is 11.8 Å². The molecule has 3 heterocycles. The molecule has 5 nitrogen and oxygen atoms in total. The summed E-state index contributed by atoms with van der Waals surface area (Å²) >= 11 is 2.07. The zero-order valence-electron chi connectivity index (χ0n) is 16.0. The van der Waals surface area contributed by atoms with Gasteiger partial charge in [0.15, 0.2) is 5.96 Å². The minimum absolute atomic E-state index is 0.667. The topological polar surface area (TPSA) is 52.6 Å². The van der Waals surface area contributed by atoms with Crippen LogP contribution in [-0.2, 0) is 6.54 Å². The molecule has 6 heteroatoms. The van der Waals surface area contributed by atoms with Crippen molar-refractivity contribution in [3.63, 3.8) is 0 Å². The molecule has 1 aromatic rings. The summed E-state index contributed by atoms with van der Waals surface area (Å²) in [6.07, 6.45) is 9.92. The number of pyridine rings is 1. The van der Waals surface area contributed by atoms with Gasteiger partial charge in [-0.2, -0.15) is 11.8 Å². The molecule has 0 spiro atoms. The van der Waals surface area contributed by atoms with E-state index in [-0.39, 0.29) is 0 Å². The van der Waals surface area contributed by atoms with Gasteiger partial charge >= 0.3 is 0 Å². The lowest BCUT2D eigenvalue weighted by molar-refractivity contribution is 0.726. The maximum absolute atomic E-state index is 4.73. The maximum atomic E-state index is 4.73. The Morgan fingerprint density at radius 3 is 2.69 bits per heavy atom. The van der Waals surface area contributed by atoms with E-state index in [0.717, 1.165) is 48.8 Å². The number of thioether (sulfide) groups is 1. The minimum Gasteiger partial charge on any atom is -0.357 e. The Hall–Kier alpha value is -1.43. The smallest absolute Gasteiger partial charge is 0.191 e. The second-order valence-corrected chi connectivity index (χ2v) is 8.55. The highest BCUT2D eigenvalue weighted by molar-refractivity contribution is 8.00. The summed E-state index contributed by atoms with van der Waals surface area (Å²) in [5, 5.41) is 7.57. The largest absolute Gasteiger partial charge is 0.357 e. The van der Waals surface area contributed by atoms with Gasteiger partial charge in [-0.25, -0.2) is 9.98 Å². The van der Waals surface area contributed by atoms with Gasteiger partial charge in [-0.3, -0.25) is 0 Å². The predicted molar refractivity (Wildman–Crippen MR) is 113 cm³/mol. The summed E-state index contributed by atoms with van der Waals surface area (Å²) < 4.78 is 0. The molecule has 2 aliphatic rings. The molecule has 1 atom stereocenters. The molecule has 0 amide bonds. The number of anilines is 1. The van der Waals surface area contributed by atoms with Crippen LogP contribution in [0.2, 0.25) is 0 Å². The quantitative estimate of drug-likeness (QED) is 0.589. The van der Waals surface area contributed by atoms with Gasteiger partial charge in [0.05, 0.1) is 6.54 Å². The van der Waals surface area contributed by atoms with E-state index in [9.17, 15) is 0 Å². The maximum Gasteiger partial charge on any atom is 0.191 e. The number of guanidine groups is 1. The Morgan fingerprint density at radius 2 is 2.04 bits per heavy atom. The number of aliphatic imine (C=N–C) groups is 1. The van der Waals surface area contributed by atoms with Crippen LogP contribution in [0.1, 0.15) is 51.0 Å². The molecule has 0 bridgehead atoms. The Labute approximate surface area is 162 Å². The minimum atomic E-state index is 0.667. The Kier molecular flexibility index (Phi) is 7.92. The molecule has 0 radical (unpaired) electrons. The number of hydrogen-bond acceptors (Lipinski definition) is 4. The van der Waals surface area contributed by atoms with Crippen LogP contribution in [0.25, 0.3) is 0 Å². The van der Waals surface area contributed by atoms with Crippen molar-refractivity contribution in [2.75, 3.05) is 36.8 Å². The summed E-state index contributed by atoms with van der Waals surface area (Å²) in [5.41, 5.74) is 1.16. The molecule has 2 N–H and O–H groups in total. The van der Waals surface area contributed by atoms with Gasteiger partial charge in [0, 0.05) is 37.6 Å². The second-order valence-electron chi connectivity index (χ2n) is 7.14. The normalized spacial score (nSPS) is 21.5. The van der Waals surface area contributed by atoms with Crippen molar-refractivity contribution >= 4 is 23.5 Å². The van der Waals surface area contributed by atoms with Crippen molar-refractivity contribution in [3.05, 3.63) is 23.9 Å². The standard InChI is InChI=1S/C20H33N5S/c1-2-21-20(24-16-18-8-7-13-26-18)23-15-17-9-10-19(22-14-17)25-11-5-3-4-6-12-25/h9-10,14,18H,2-8,11-13,15-16H2,1H3,(H2,21,23,24). The summed E-state index contributed by atoms with van der Waals surface area (Å²) in [5.74, 6) is 3.33. The Morgan fingerprint density at radius 1 is 1.19 bits per heavy atom. The first-order valence-corrected chi connectivity index (χ1v) is 11.2. The molecule has 3 rings (SSSR count).